The summed E-state index contributed by atoms with van der Waals surface area (Å²) in [5.41, 5.74) is 0. The van der Waals surface area contributed by atoms with Gasteiger partial charge in [-0.2, -0.15) is 0 Å². The number of aliphatic hydroxyl groups excluding tert-OH is 8. The smallest absolute Gasteiger partial charge is 0.224 e. The Balaban J connectivity index is 2.18. The van der Waals surface area contributed by atoms with Crippen LogP contribution in [0.2, 0.25) is 0 Å². The average Bonchev–Trinajstić information content (AvgIpc) is 2.80. The molecule has 0 amide bonds. The van der Waals surface area contributed by atoms with Gasteiger partial charge in [0.2, 0.25) is 5.79 Å². The molecular formula is C12H22O11. The third-order valence-corrected chi connectivity index (χ3v) is 4.07. The van der Waals surface area contributed by atoms with Crippen LogP contribution < -0.4 is 0 Å². The zero-order chi connectivity index (χ0) is 17.4. The van der Waals surface area contributed by atoms with Crippen molar-refractivity contribution >= 4 is 0 Å². The van der Waals surface area contributed by atoms with Crippen molar-refractivity contribution in [3.05, 3.63) is 0 Å². The van der Waals surface area contributed by atoms with Gasteiger partial charge < -0.3 is 55.1 Å². The highest BCUT2D eigenvalue weighted by atomic mass is 16.8. The summed E-state index contributed by atoms with van der Waals surface area (Å²) in [6, 6.07) is 0. The molecule has 2 saturated heterocycles. The van der Waals surface area contributed by atoms with Crippen molar-refractivity contribution in [2.24, 2.45) is 0 Å². The van der Waals surface area contributed by atoms with E-state index >= 15 is 0 Å². The molecule has 2 fully saturated rings. The molecule has 11 heteroatoms. The van der Waals surface area contributed by atoms with Gasteiger partial charge >= 0.3 is 0 Å². The third kappa shape index (κ3) is 3.23. The summed E-state index contributed by atoms with van der Waals surface area (Å²) in [5.74, 6) is -2.22. The first-order valence-corrected chi connectivity index (χ1v) is 7.05. The molecule has 2 heterocycles. The molecule has 0 saturated carbocycles. The Labute approximate surface area is 130 Å². The molecule has 11 nitrogen and oxygen atoms in total. The van der Waals surface area contributed by atoms with Crippen molar-refractivity contribution in [3.8, 4) is 0 Å². The Hall–Kier alpha value is -0.440. The van der Waals surface area contributed by atoms with Crippen molar-refractivity contribution in [2.75, 3.05) is 19.8 Å². The van der Waals surface area contributed by atoms with Crippen molar-refractivity contribution in [1.82, 2.24) is 0 Å². The molecule has 0 aromatic rings. The lowest BCUT2D eigenvalue weighted by molar-refractivity contribution is -0.383. The van der Waals surface area contributed by atoms with Crippen LogP contribution in [0.25, 0.3) is 0 Å². The van der Waals surface area contributed by atoms with Gasteiger partial charge in [-0.25, -0.2) is 0 Å². The van der Waals surface area contributed by atoms with Gasteiger partial charge in [0.15, 0.2) is 6.29 Å². The summed E-state index contributed by atoms with van der Waals surface area (Å²) in [4.78, 5) is 0. The van der Waals surface area contributed by atoms with Crippen LogP contribution in [-0.2, 0) is 14.2 Å². The van der Waals surface area contributed by atoms with E-state index in [4.69, 9.17) is 24.4 Å². The fraction of sp³-hybridized carbons (Fsp3) is 1.00. The van der Waals surface area contributed by atoms with Gasteiger partial charge in [0.25, 0.3) is 0 Å². The molecular weight excluding hydrogens is 320 g/mol. The van der Waals surface area contributed by atoms with Crippen molar-refractivity contribution in [1.29, 1.82) is 0 Å². The van der Waals surface area contributed by atoms with E-state index in [0.29, 0.717) is 0 Å². The van der Waals surface area contributed by atoms with Crippen LogP contribution in [0.5, 0.6) is 0 Å². The maximum Gasteiger partial charge on any atom is 0.224 e. The average molecular weight is 342 g/mol. The normalized spacial score (nSPS) is 51.1. The first-order chi connectivity index (χ1) is 10.8. The molecule has 2 rings (SSSR count). The zero-order valence-electron chi connectivity index (χ0n) is 12.0. The zero-order valence-corrected chi connectivity index (χ0v) is 12.0. The van der Waals surface area contributed by atoms with Crippen LogP contribution in [0.1, 0.15) is 0 Å². The molecule has 0 unspecified atom stereocenters. The van der Waals surface area contributed by atoms with E-state index in [1.54, 1.807) is 0 Å². The Bertz CT molecular complexity index is 393. The van der Waals surface area contributed by atoms with E-state index in [1.165, 1.54) is 0 Å². The number of hydrogen-bond donors (Lipinski definition) is 8. The number of ether oxygens (including phenoxy) is 3. The highest BCUT2D eigenvalue weighted by Crippen LogP contribution is 2.35. The highest BCUT2D eigenvalue weighted by Gasteiger charge is 2.58. The summed E-state index contributed by atoms with van der Waals surface area (Å²) in [5, 5.41) is 76.7. The Morgan fingerprint density at radius 1 is 0.783 bits per heavy atom. The topological polar surface area (TPSA) is 190 Å². The van der Waals surface area contributed by atoms with E-state index in [1.807, 2.05) is 0 Å². The van der Waals surface area contributed by atoms with Gasteiger partial charge in [-0.05, 0) is 0 Å². The van der Waals surface area contributed by atoms with Crippen LogP contribution in [-0.4, -0.2) is 115 Å². The largest absolute Gasteiger partial charge is 0.394 e. The summed E-state index contributed by atoms with van der Waals surface area (Å²) >= 11 is 0. The summed E-state index contributed by atoms with van der Waals surface area (Å²) in [6.07, 6.45) is -12.7. The van der Waals surface area contributed by atoms with E-state index in [0.717, 1.165) is 0 Å². The Morgan fingerprint density at radius 2 is 1.39 bits per heavy atom. The molecule has 2 aliphatic heterocycles. The van der Waals surface area contributed by atoms with Crippen molar-refractivity contribution in [2.45, 2.75) is 54.8 Å². The predicted molar refractivity (Wildman–Crippen MR) is 68.6 cm³/mol. The fourth-order valence-corrected chi connectivity index (χ4v) is 2.63. The summed E-state index contributed by atoms with van der Waals surface area (Å²) in [7, 11) is 0. The number of hydrogen-bond acceptors (Lipinski definition) is 11. The maximum atomic E-state index is 10.00. The first-order valence-electron chi connectivity index (χ1n) is 7.05. The van der Waals surface area contributed by atoms with Crippen LogP contribution in [0.4, 0.5) is 0 Å². The lowest BCUT2D eigenvalue weighted by Crippen LogP contribution is -2.62. The van der Waals surface area contributed by atoms with Gasteiger partial charge in [-0.15, -0.1) is 0 Å². The molecule has 136 valence electrons. The second-order valence-corrected chi connectivity index (χ2v) is 5.56. The molecule has 0 aromatic heterocycles. The van der Waals surface area contributed by atoms with E-state index in [9.17, 15) is 30.6 Å². The van der Waals surface area contributed by atoms with E-state index < -0.39 is 74.6 Å². The quantitative estimate of drug-likeness (QED) is 0.238. The van der Waals surface area contributed by atoms with Gasteiger partial charge in [-0.1, -0.05) is 0 Å². The molecule has 0 bridgehead atoms. The Kier molecular flexibility index (Phi) is 5.92. The van der Waals surface area contributed by atoms with Gasteiger partial charge in [0.05, 0.1) is 13.2 Å². The third-order valence-electron chi connectivity index (χ3n) is 4.07. The summed E-state index contributed by atoms with van der Waals surface area (Å²) in [6.45, 7) is -2.32. The van der Waals surface area contributed by atoms with E-state index in [2.05, 4.69) is 0 Å². The maximum absolute atomic E-state index is 10.00. The van der Waals surface area contributed by atoms with E-state index in [-0.39, 0.29) is 0 Å². The van der Waals surface area contributed by atoms with Crippen LogP contribution in [0, 0.1) is 0 Å². The standard InChI is InChI=1S/C12H22O11/c13-1-4-6(16)8(18)9(19)11(21-4)23-12(3-15)10(20)7(17)5(2-14)22-12/h4-11,13-20H,1-3H2/t4-,5+,6+,7+,8-,9+,10-,11-,12-/m0/s1. The van der Waals surface area contributed by atoms with Crippen LogP contribution in [0.15, 0.2) is 0 Å². The van der Waals surface area contributed by atoms with Crippen molar-refractivity contribution in [3.63, 3.8) is 0 Å². The molecule has 8 N–H and O–H groups in total. The van der Waals surface area contributed by atoms with Crippen molar-refractivity contribution < 1.29 is 55.1 Å². The molecule has 0 spiro atoms. The van der Waals surface area contributed by atoms with Crippen LogP contribution >= 0.6 is 0 Å². The Morgan fingerprint density at radius 3 is 1.87 bits per heavy atom. The minimum absolute atomic E-state index is 0.669. The van der Waals surface area contributed by atoms with Gasteiger partial charge in [0.1, 0.15) is 49.3 Å². The molecule has 2 aliphatic rings. The van der Waals surface area contributed by atoms with Gasteiger partial charge in [0, 0.05) is 0 Å². The lowest BCUT2D eigenvalue weighted by Gasteiger charge is -2.43. The first kappa shape index (κ1) is 18.9. The SMILES string of the molecule is OC[C@@H]1O[C@@H](O[C@]2(CO)O[C@H](CO)[C@@H](O)[C@@H]2O)[C@H](O)[C@@H](O)[C@@H]1O. The summed E-state index contributed by atoms with van der Waals surface area (Å²) < 4.78 is 15.4. The molecule has 0 radical (unpaired) electrons. The number of rotatable bonds is 5. The van der Waals surface area contributed by atoms with Gasteiger partial charge in [-0.3, -0.25) is 0 Å². The van der Waals surface area contributed by atoms with Crippen LogP contribution in [0.3, 0.4) is 0 Å². The second kappa shape index (κ2) is 7.21. The highest BCUT2D eigenvalue weighted by molar-refractivity contribution is 4.98. The second-order valence-electron chi connectivity index (χ2n) is 5.56. The molecule has 0 aromatic carbocycles. The minimum atomic E-state index is -2.22. The predicted octanol–water partition coefficient (Wildman–Crippen LogP) is -5.40. The lowest BCUT2D eigenvalue weighted by atomic mass is 9.99. The molecule has 23 heavy (non-hydrogen) atoms. The molecule has 9 atom stereocenters. The monoisotopic (exact) mass is 342 g/mol. The molecule has 0 aliphatic carbocycles. The minimum Gasteiger partial charge on any atom is -0.394 e. The number of aliphatic hydroxyl groups is 8. The fourth-order valence-electron chi connectivity index (χ4n) is 2.63.